The van der Waals surface area contributed by atoms with Crippen LogP contribution in [0.2, 0.25) is 0 Å². The minimum atomic E-state index is -0.315. The van der Waals surface area contributed by atoms with Crippen molar-refractivity contribution in [1.29, 1.82) is 0 Å². The van der Waals surface area contributed by atoms with E-state index >= 15 is 0 Å². The Morgan fingerprint density at radius 1 is 0.769 bits per heavy atom. The van der Waals surface area contributed by atoms with Crippen LogP contribution in [0.15, 0.2) is 24.3 Å². The molecule has 2 rings (SSSR count). The molecule has 2 aromatic carbocycles. The summed E-state index contributed by atoms with van der Waals surface area (Å²) in [5, 5.41) is 12.0. The van der Waals surface area contributed by atoms with Crippen LogP contribution in [0.5, 0.6) is 0 Å². The molecule has 0 aliphatic rings. The Balaban J connectivity index is 2.97. The SMILES string of the molecule is Cc1cc(C)c(-c2cc(C(C)(C)C)c([N+](=O)[O-])c(C(C)(C)C)c2)c(C)c1. The van der Waals surface area contributed by atoms with Crippen molar-refractivity contribution < 1.29 is 4.92 Å². The van der Waals surface area contributed by atoms with E-state index in [-0.39, 0.29) is 21.4 Å². The summed E-state index contributed by atoms with van der Waals surface area (Å²) in [6, 6.07) is 8.41. The van der Waals surface area contributed by atoms with Crippen LogP contribution in [0.1, 0.15) is 69.4 Å². The van der Waals surface area contributed by atoms with Crippen molar-refractivity contribution in [2.45, 2.75) is 73.1 Å². The second-order valence-electron chi connectivity index (χ2n) is 9.45. The molecule has 140 valence electrons. The second kappa shape index (κ2) is 6.53. The van der Waals surface area contributed by atoms with Crippen LogP contribution in [0.3, 0.4) is 0 Å². The number of aryl methyl sites for hydroxylation is 3. The zero-order valence-electron chi connectivity index (χ0n) is 17.6. The van der Waals surface area contributed by atoms with Crippen molar-refractivity contribution in [2.24, 2.45) is 0 Å². The lowest BCUT2D eigenvalue weighted by Gasteiger charge is -2.27. The highest BCUT2D eigenvalue weighted by Crippen LogP contribution is 2.43. The monoisotopic (exact) mass is 353 g/mol. The van der Waals surface area contributed by atoms with Crippen LogP contribution in [-0.4, -0.2) is 4.92 Å². The molecule has 26 heavy (non-hydrogen) atoms. The Labute approximate surface area is 157 Å². The predicted molar refractivity (Wildman–Crippen MR) is 110 cm³/mol. The summed E-state index contributed by atoms with van der Waals surface area (Å²) >= 11 is 0. The summed E-state index contributed by atoms with van der Waals surface area (Å²) < 4.78 is 0. The largest absolute Gasteiger partial charge is 0.276 e. The average molecular weight is 354 g/mol. The number of nitro groups is 1. The van der Waals surface area contributed by atoms with Crippen molar-refractivity contribution >= 4 is 5.69 Å². The molecule has 0 aromatic heterocycles. The van der Waals surface area contributed by atoms with E-state index in [4.69, 9.17) is 0 Å². The number of benzene rings is 2. The van der Waals surface area contributed by atoms with E-state index < -0.39 is 0 Å². The topological polar surface area (TPSA) is 43.1 Å². The number of rotatable bonds is 2. The third-order valence-corrected chi connectivity index (χ3v) is 4.87. The minimum absolute atomic E-state index is 0.209. The molecule has 0 saturated carbocycles. The van der Waals surface area contributed by atoms with E-state index in [1.54, 1.807) is 0 Å². The standard InChI is InChI=1S/C23H31NO2/c1-14-10-15(2)20(16(3)11-14)17-12-18(22(4,5)6)21(24(25)26)19(13-17)23(7,8)9/h10-13H,1-9H3. The van der Waals surface area contributed by atoms with Gasteiger partial charge in [0.1, 0.15) is 0 Å². The Kier molecular flexibility index (Phi) is 5.06. The average Bonchev–Trinajstić information content (AvgIpc) is 2.43. The van der Waals surface area contributed by atoms with Gasteiger partial charge in [-0.3, -0.25) is 10.1 Å². The van der Waals surface area contributed by atoms with Gasteiger partial charge in [-0.05, 0) is 66.0 Å². The first-order valence-corrected chi connectivity index (χ1v) is 9.15. The van der Waals surface area contributed by atoms with Crippen LogP contribution in [0.4, 0.5) is 5.69 Å². The van der Waals surface area contributed by atoms with Gasteiger partial charge in [-0.2, -0.15) is 0 Å². The summed E-state index contributed by atoms with van der Waals surface area (Å²) in [6.07, 6.45) is 0. The summed E-state index contributed by atoms with van der Waals surface area (Å²) in [5.74, 6) is 0. The van der Waals surface area contributed by atoms with Crippen LogP contribution < -0.4 is 0 Å². The number of nitro benzene ring substituents is 1. The molecule has 0 N–H and O–H groups in total. The van der Waals surface area contributed by atoms with Gasteiger partial charge < -0.3 is 0 Å². The smallest absolute Gasteiger partial charge is 0.258 e. The van der Waals surface area contributed by atoms with Crippen LogP contribution in [0.25, 0.3) is 11.1 Å². The molecule has 3 heteroatoms. The van der Waals surface area contributed by atoms with Crippen molar-refractivity contribution in [3.8, 4) is 11.1 Å². The van der Waals surface area contributed by atoms with Crippen LogP contribution >= 0.6 is 0 Å². The zero-order valence-corrected chi connectivity index (χ0v) is 17.6. The molecule has 0 amide bonds. The van der Waals surface area contributed by atoms with Gasteiger partial charge in [-0.15, -0.1) is 0 Å². The molecule has 0 fully saturated rings. The third kappa shape index (κ3) is 3.82. The Bertz CT molecular complexity index is 807. The lowest BCUT2D eigenvalue weighted by atomic mass is 9.76. The molecule has 0 heterocycles. The van der Waals surface area contributed by atoms with Crippen molar-refractivity contribution in [3.63, 3.8) is 0 Å². The quantitative estimate of drug-likeness (QED) is 0.441. The molecule has 0 unspecified atom stereocenters. The van der Waals surface area contributed by atoms with E-state index in [1.165, 1.54) is 22.3 Å². The summed E-state index contributed by atoms with van der Waals surface area (Å²) in [4.78, 5) is 11.8. The second-order valence-corrected chi connectivity index (χ2v) is 9.45. The van der Waals surface area contributed by atoms with Gasteiger partial charge in [0, 0.05) is 11.1 Å². The molecule has 0 radical (unpaired) electrons. The first-order valence-electron chi connectivity index (χ1n) is 9.15. The zero-order chi connectivity index (χ0) is 20.0. The first-order chi connectivity index (χ1) is 11.7. The number of nitrogens with zero attached hydrogens (tertiary/aromatic N) is 1. The van der Waals surface area contributed by atoms with Crippen molar-refractivity contribution in [2.75, 3.05) is 0 Å². The van der Waals surface area contributed by atoms with Gasteiger partial charge in [0.05, 0.1) is 4.92 Å². The molecule has 0 bridgehead atoms. The lowest BCUT2D eigenvalue weighted by molar-refractivity contribution is -0.387. The molecular formula is C23H31NO2. The number of hydrogen-bond donors (Lipinski definition) is 0. The van der Waals surface area contributed by atoms with E-state index in [1.807, 2.05) is 53.7 Å². The minimum Gasteiger partial charge on any atom is -0.258 e. The summed E-state index contributed by atoms with van der Waals surface area (Å²) in [6.45, 7) is 18.6. The molecule has 0 atom stereocenters. The molecular weight excluding hydrogens is 322 g/mol. The lowest BCUT2D eigenvalue weighted by Crippen LogP contribution is -2.20. The van der Waals surface area contributed by atoms with Crippen molar-refractivity contribution in [1.82, 2.24) is 0 Å². The van der Waals surface area contributed by atoms with E-state index in [0.717, 1.165) is 16.7 Å². The summed E-state index contributed by atoms with van der Waals surface area (Å²) in [5.41, 5.74) is 7.12. The van der Waals surface area contributed by atoms with Gasteiger partial charge in [0.15, 0.2) is 0 Å². The van der Waals surface area contributed by atoms with Crippen LogP contribution in [-0.2, 0) is 10.8 Å². The fourth-order valence-corrected chi connectivity index (χ4v) is 3.75. The van der Waals surface area contributed by atoms with E-state index in [2.05, 4.69) is 32.9 Å². The van der Waals surface area contributed by atoms with E-state index in [0.29, 0.717) is 0 Å². The molecule has 2 aromatic rings. The highest BCUT2D eigenvalue weighted by molar-refractivity contribution is 5.75. The molecule has 0 spiro atoms. The van der Waals surface area contributed by atoms with Gasteiger partial charge in [-0.1, -0.05) is 59.2 Å². The number of hydrogen-bond acceptors (Lipinski definition) is 2. The Morgan fingerprint density at radius 3 is 1.46 bits per heavy atom. The molecule has 0 aliphatic heterocycles. The third-order valence-electron chi connectivity index (χ3n) is 4.87. The highest BCUT2D eigenvalue weighted by Gasteiger charge is 2.33. The summed E-state index contributed by atoms with van der Waals surface area (Å²) in [7, 11) is 0. The van der Waals surface area contributed by atoms with Crippen molar-refractivity contribution in [3.05, 3.63) is 62.2 Å². The molecule has 0 aliphatic carbocycles. The highest BCUT2D eigenvalue weighted by atomic mass is 16.6. The Hall–Kier alpha value is -2.16. The Morgan fingerprint density at radius 2 is 1.15 bits per heavy atom. The fourth-order valence-electron chi connectivity index (χ4n) is 3.75. The van der Waals surface area contributed by atoms with Gasteiger partial charge >= 0.3 is 0 Å². The fraction of sp³-hybridized carbons (Fsp3) is 0.478. The van der Waals surface area contributed by atoms with Gasteiger partial charge in [0.25, 0.3) is 5.69 Å². The molecule has 0 saturated heterocycles. The normalized spacial score (nSPS) is 12.3. The molecule has 3 nitrogen and oxygen atoms in total. The van der Waals surface area contributed by atoms with Crippen LogP contribution in [0, 0.1) is 30.9 Å². The first kappa shape index (κ1) is 20.2. The maximum absolute atomic E-state index is 12.0. The predicted octanol–water partition coefficient (Wildman–Crippen LogP) is 6.78. The maximum Gasteiger partial charge on any atom is 0.276 e. The van der Waals surface area contributed by atoms with Gasteiger partial charge in [0.2, 0.25) is 0 Å². The van der Waals surface area contributed by atoms with E-state index in [9.17, 15) is 10.1 Å². The van der Waals surface area contributed by atoms with Gasteiger partial charge in [-0.25, -0.2) is 0 Å². The maximum atomic E-state index is 12.0.